The Morgan fingerprint density at radius 1 is 1.13 bits per heavy atom. The number of nitro groups is 1. The number of carbonyl (C=O) groups is 1. The molecule has 1 aliphatic rings. The van der Waals surface area contributed by atoms with E-state index in [0.29, 0.717) is 28.7 Å². The molecule has 5 rings (SSSR count). The number of benzene rings is 2. The van der Waals surface area contributed by atoms with Crippen LogP contribution in [0.3, 0.4) is 0 Å². The number of pyridine rings is 1. The van der Waals surface area contributed by atoms with Gasteiger partial charge in [-0.25, -0.2) is 0 Å². The third kappa shape index (κ3) is 5.04. The van der Waals surface area contributed by atoms with E-state index in [2.05, 4.69) is 15.6 Å². The van der Waals surface area contributed by atoms with Crippen LogP contribution in [0.5, 0.6) is 5.75 Å². The van der Waals surface area contributed by atoms with Crippen molar-refractivity contribution in [1.29, 1.82) is 0 Å². The van der Waals surface area contributed by atoms with Crippen LogP contribution in [0.25, 0.3) is 5.69 Å². The molecular weight excluding hydrogens is 516 g/mol. The average molecular weight is 543 g/mol. The highest BCUT2D eigenvalue weighted by Crippen LogP contribution is 2.44. The molecule has 2 atom stereocenters. The van der Waals surface area contributed by atoms with Crippen LogP contribution in [0.2, 0.25) is 0 Å². The van der Waals surface area contributed by atoms with Crippen molar-refractivity contribution in [2.24, 2.45) is 0 Å². The lowest BCUT2D eigenvalue weighted by Gasteiger charge is -2.29. The van der Waals surface area contributed by atoms with Crippen LogP contribution in [0, 0.1) is 10.1 Å². The molecule has 1 amide bonds. The fourth-order valence-electron chi connectivity index (χ4n) is 4.73. The summed E-state index contributed by atoms with van der Waals surface area (Å²) < 4.78 is 7.53. The molecule has 3 heterocycles. The predicted octanol–water partition coefficient (Wildman–Crippen LogP) is 5.31. The van der Waals surface area contributed by atoms with Gasteiger partial charge in [0.05, 0.1) is 35.1 Å². The van der Waals surface area contributed by atoms with E-state index in [1.165, 1.54) is 6.07 Å². The molecule has 0 spiro atoms. The van der Waals surface area contributed by atoms with Crippen molar-refractivity contribution in [3.8, 4) is 11.4 Å². The van der Waals surface area contributed by atoms with Gasteiger partial charge >= 0.3 is 0 Å². The van der Waals surface area contributed by atoms with Crippen LogP contribution in [-0.4, -0.2) is 32.6 Å². The number of carbonyl (C=O) groups excluding carboxylic acids is 1. The molecule has 2 aromatic carbocycles. The third-order valence-electron chi connectivity index (χ3n) is 6.56. The zero-order valence-corrected chi connectivity index (χ0v) is 22.1. The molecule has 0 unspecified atom stereocenters. The molecule has 0 saturated carbocycles. The van der Waals surface area contributed by atoms with Gasteiger partial charge in [-0.05, 0) is 54.7 Å². The first kappa shape index (κ1) is 25.9. The van der Waals surface area contributed by atoms with E-state index in [9.17, 15) is 14.9 Å². The summed E-state index contributed by atoms with van der Waals surface area (Å²) >= 11 is 5.84. The summed E-state index contributed by atoms with van der Waals surface area (Å²) in [5.74, 6) is 0.369. The number of nitrogens with zero attached hydrogens (tertiary/aromatic N) is 4. The Bertz CT molecular complexity index is 1540. The number of anilines is 2. The second-order valence-electron chi connectivity index (χ2n) is 8.86. The molecule has 1 fully saturated rings. The van der Waals surface area contributed by atoms with Gasteiger partial charge in [0.2, 0.25) is 5.91 Å². The molecule has 0 radical (unpaired) electrons. The average Bonchev–Trinajstić information content (AvgIpc) is 3.58. The zero-order chi connectivity index (χ0) is 27.5. The van der Waals surface area contributed by atoms with Crippen molar-refractivity contribution in [2.45, 2.75) is 25.4 Å². The van der Waals surface area contributed by atoms with Crippen molar-refractivity contribution in [2.75, 3.05) is 17.3 Å². The fourth-order valence-corrected chi connectivity index (χ4v) is 5.08. The van der Waals surface area contributed by atoms with Gasteiger partial charge in [0.1, 0.15) is 11.8 Å². The third-order valence-corrected chi connectivity index (χ3v) is 6.87. The van der Waals surface area contributed by atoms with E-state index in [4.69, 9.17) is 17.0 Å². The Morgan fingerprint density at radius 3 is 2.69 bits per heavy atom. The van der Waals surface area contributed by atoms with Crippen molar-refractivity contribution in [1.82, 2.24) is 14.9 Å². The quantitative estimate of drug-likeness (QED) is 0.175. The lowest BCUT2D eigenvalue weighted by molar-refractivity contribution is -0.384. The Balaban J connectivity index is 1.64. The SMILES string of the molecule is CCC(=O)Nc1ccc(N2C(=S)N[C@H](c3ccccn3)[C@@H]2c2cccn2-c2cccc([N+](=O)[O-])c2)cc1OC. The molecule has 1 saturated heterocycles. The molecule has 4 aromatic rings. The van der Waals surface area contributed by atoms with E-state index < -0.39 is 4.92 Å². The number of aromatic nitrogens is 2. The molecule has 0 aliphatic carbocycles. The van der Waals surface area contributed by atoms with Crippen molar-refractivity contribution < 1.29 is 14.5 Å². The predicted molar refractivity (Wildman–Crippen MR) is 152 cm³/mol. The summed E-state index contributed by atoms with van der Waals surface area (Å²) in [7, 11) is 1.54. The van der Waals surface area contributed by atoms with E-state index in [1.54, 1.807) is 38.4 Å². The van der Waals surface area contributed by atoms with Gasteiger partial charge in [0.15, 0.2) is 5.11 Å². The van der Waals surface area contributed by atoms with Crippen LogP contribution in [-0.2, 0) is 4.79 Å². The summed E-state index contributed by atoms with van der Waals surface area (Å²) in [5.41, 5.74) is 3.59. The first-order chi connectivity index (χ1) is 18.9. The number of methoxy groups -OCH3 is 1. The van der Waals surface area contributed by atoms with Gasteiger partial charge in [-0.3, -0.25) is 19.9 Å². The summed E-state index contributed by atoms with van der Waals surface area (Å²) in [4.78, 5) is 29.7. The molecule has 39 heavy (non-hydrogen) atoms. The largest absolute Gasteiger partial charge is 0.494 e. The second kappa shape index (κ2) is 10.9. The van der Waals surface area contributed by atoms with Gasteiger partial charge < -0.3 is 24.8 Å². The standard InChI is InChI=1S/C28H26N6O4S/c1-3-25(35)30-21-13-12-19(17-24(21)38-2)33-27(26(31-28(33)39)22-10-4-5-14-29-22)23-11-7-15-32(23)18-8-6-9-20(16-18)34(36)37/h4-17,26-27H,3H2,1-2H3,(H,30,35)(H,31,39)/t26-,27+/m1/s1. The maximum absolute atomic E-state index is 12.0. The fraction of sp³-hybridized carbons (Fsp3) is 0.179. The summed E-state index contributed by atoms with van der Waals surface area (Å²) in [6, 6.07) is 20.8. The number of nitrogens with one attached hydrogen (secondary N) is 2. The maximum atomic E-state index is 12.0. The monoisotopic (exact) mass is 542 g/mol. The lowest BCUT2D eigenvalue weighted by atomic mass is 10.0. The van der Waals surface area contributed by atoms with E-state index in [0.717, 1.165) is 17.1 Å². The first-order valence-electron chi connectivity index (χ1n) is 12.3. The molecule has 198 valence electrons. The highest BCUT2D eigenvalue weighted by atomic mass is 32.1. The van der Waals surface area contributed by atoms with Gasteiger partial charge in [-0.15, -0.1) is 0 Å². The Hall–Kier alpha value is -4.77. The second-order valence-corrected chi connectivity index (χ2v) is 9.25. The number of hydrogen-bond donors (Lipinski definition) is 2. The van der Waals surface area contributed by atoms with Crippen LogP contribution in [0.1, 0.15) is 36.8 Å². The first-order valence-corrected chi connectivity index (χ1v) is 12.7. The van der Waals surface area contributed by atoms with Gasteiger partial charge in [0, 0.05) is 48.4 Å². The van der Waals surface area contributed by atoms with E-state index in [1.807, 2.05) is 64.2 Å². The summed E-state index contributed by atoms with van der Waals surface area (Å²) in [6.07, 6.45) is 3.94. The number of hydrogen-bond acceptors (Lipinski definition) is 6. The Morgan fingerprint density at radius 2 is 1.97 bits per heavy atom. The van der Waals surface area contributed by atoms with Gasteiger partial charge in [-0.1, -0.05) is 19.1 Å². The number of non-ortho nitro benzene ring substituents is 1. The highest BCUT2D eigenvalue weighted by Gasteiger charge is 2.42. The van der Waals surface area contributed by atoms with Crippen molar-refractivity contribution in [3.05, 3.63) is 107 Å². The number of amides is 1. The minimum absolute atomic E-state index is 0.000184. The van der Waals surface area contributed by atoms with Crippen LogP contribution >= 0.6 is 12.2 Å². The Kier molecular flexibility index (Phi) is 7.24. The van der Waals surface area contributed by atoms with Gasteiger partial charge in [-0.2, -0.15) is 0 Å². The number of thiocarbonyl (C=S) groups is 1. The van der Waals surface area contributed by atoms with Crippen LogP contribution in [0.15, 0.2) is 85.2 Å². The van der Waals surface area contributed by atoms with Crippen molar-refractivity contribution >= 4 is 40.3 Å². The Labute approximate surface area is 230 Å². The maximum Gasteiger partial charge on any atom is 0.271 e. The molecule has 2 aromatic heterocycles. The zero-order valence-electron chi connectivity index (χ0n) is 21.3. The summed E-state index contributed by atoms with van der Waals surface area (Å²) in [6.45, 7) is 1.78. The molecule has 1 aliphatic heterocycles. The van der Waals surface area contributed by atoms with Crippen molar-refractivity contribution in [3.63, 3.8) is 0 Å². The normalized spacial score (nSPS) is 16.6. The summed E-state index contributed by atoms with van der Waals surface area (Å²) in [5, 5.41) is 18.2. The van der Waals surface area contributed by atoms with E-state index >= 15 is 0 Å². The number of nitro benzene ring substituents is 1. The van der Waals surface area contributed by atoms with Crippen LogP contribution < -0.4 is 20.3 Å². The minimum Gasteiger partial charge on any atom is -0.494 e. The highest BCUT2D eigenvalue weighted by molar-refractivity contribution is 7.80. The smallest absolute Gasteiger partial charge is 0.271 e. The lowest BCUT2D eigenvalue weighted by Crippen LogP contribution is -2.30. The number of rotatable bonds is 8. The van der Waals surface area contributed by atoms with Crippen LogP contribution in [0.4, 0.5) is 17.1 Å². The van der Waals surface area contributed by atoms with E-state index in [-0.39, 0.29) is 23.7 Å². The topological polar surface area (TPSA) is 115 Å². The molecule has 10 nitrogen and oxygen atoms in total. The minimum atomic E-state index is -0.410. The molecule has 0 bridgehead atoms. The van der Waals surface area contributed by atoms with Gasteiger partial charge in [0.25, 0.3) is 5.69 Å². The molecule has 2 N–H and O–H groups in total. The number of ether oxygens (including phenoxy) is 1. The molecular formula is C28H26N6O4S. The molecule has 11 heteroatoms.